The molecular formula is C25H47N5O5. The van der Waals surface area contributed by atoms with Crippen LogP contribution in [-0.2, 0) is 19.1 Å². The molecule has 1 aliphatic carbocycles. The van der Waals surface area contributed by atoms with Crippen molar-refractivity contribution >= 4 is 24.0 Å². The molecule has 0 aromatic carbocycles. The van der Waals surface area contributed by atoms with Crippen LogP contribution in [0.2, 0.25) is 0 Å². The lowest BCUT2D eigenvalue weighted by molar-refractivity contribution is -0.135. The van der Waals surface area contributed by atoms with Gasteiger partial charge in [0.15, 0.2) is 0 Å². The highest BCUT2D eigenvalue weighted by atomic mass is 16.6. The van der Waals surface area contributed by atoms with E-state index in [1.54, 1.807) is 0 Å². The Labute approximate surface area is 211 Å². The smallest absolute Gasteiger partial charge is 0.407 e. The van der Waals surface area contributed by atoms with Gasteiger partial charge in [-0.25, -0.2) is 9.79 Å². The van der Waals surface area contributed by atoms with Crippen molar-refractivity contribution in [2.45, 2.75) is 84.7 Å². The van der Waals surface area contributed by atoms with Gasteiger partial charge in [0.1, 0.15) is 5.60 Å². The van der Waals surface area contributed by atoms with Crippen molar-refractivity contribution in [2.24, 2.45) is 10.4 Å². The van der Waals surface area contributed by atoms with Gasteiger partial charge in [-0.2, -0.15) is 0 Å². The minimum atomic E-state index is -0.570. The summed E-state index contributed by atoms with van der Waals surface area (Å²) in [5, 5.41) is 8.64. The maximum absolute atomic E-state index is 12.7. The van der Waals surface area contributed by atoms with Crippen LogP contribution in [-0.4, -0.2) is 81.3 Å². The Bertz CT molecular complexity index is 697. The molecule has 1 aliphatic rings. The van der Waals surface area contributed by atoms with E-state index < -0.39 is 17.7 Å². The first-order valence-electron chi connectivity index (χ1n) is 12.8. The molecule has 1 saturated carbocycles. The number of hydrogen-bond donors (Lipinski definition) is 3. The highest BCUT2D eigenvalue weighted by Gasteiger charge is 2.35. The molecule has 202 valence electrons. The zero-order valence-corrected chi connectivity index (χ0v) is 22.6. The lowest BCUT2D eigenvalue weighted by atomic mass is 9.71. The monoisotopic (exact) mass is 497 g/mol. The summed E-state index contributed by atoms with van der Waals surface area (Å²) in [6, 6.07) is 0.219. The van der Waals surface area contributed by atoms with Gasteiger partial charge in [0.25, 0.3) is 6.02 Å². The molecule has 0 aliphatic heterocycles. The quantitative estimate of drug-likeness (QED) is 0.164. The lowest BCUT2D eigenvalue weighted by Gasteiger charge is -2.37. The van der Waals surface area contributed by atoms with Gasteiger partial charge in [0, 0.05) is 32.6 Å². The van der Waals surface area contributed by atoms with Gasteiger partial charge in [0.05, 0.1) is 6.42 Å². The normalized spacial score (nSPS) is 15.9. The van der Waals surface area contributed by atoms with Crippen LogP contribution >= 0.6 is 0 Å². The van der Waals surface area contributed by atoms with Crippen LogP contribution in [0.3, 0.4) is 0 Å². The Balaban J connectivity index is 2.49. The fraction of sp³-hybridized carbons (Fsp3) is 0.840. The highest BCUT2D eigenvalue weighted by Crippen LogP contribution is 2.38. The first-order chi connectivity index (χ1) is 16.4. The summed E-state index contributed by atoms with van der Waals surface area (Å²) in [5.41, 5.74) is -0.865. The molecule has 0 bridgehead atoms. The molecule has 0 atom stereocenters. The van der Waals surface area contributed by atoms with Crippen molar-refractivity contribution < 1.29 is 23.9 Å². The van der Waals surface area contributed by atoms with E-state index >= 15 is 0 Å². The third-order valence-corrected chi connectivity index (χ3v) is 5.67. The zero-order valence-electron chi connectivity index (χ0n) is 22.6. The molecule has 1 rings (SSSR count). The summed E-state index contributed by atoms with van der Waals surface area (Å²) in [6.07, 6.45) is 5.67. The van der Waals surface area contributed by atoms with E-state index in [-0.39, 0.29) is 30.3 Å². The molecule has 0 saturated heterocycles. The van der Waals surface area contributed by atoms with Crippen LogP contribution in [0, 0.1) is 5.41 Å². The summed E-state index contributed by atoms with van der Waals surface area (Å²) < 4.78 is 10.7. The van der Waals surface area contributed by atoms with Crippen LogP contribution in [0.4, 0.5) is 4.79 Å². The van der Waals surface area contributed by atoms with Crippen LogP contribution in [0.5, 0.6) is 0 Å². The maximum Gasteiger partial charge on any atom is 0.407 e. The molecular weight excluding hydrogens is 450 g/mol. The van der Waals surface area contributed by atoms with Gasteiger partial charge < -0.3 is 30.3 Å². The van der Waals surface area contributed by atoms with E-state index in [9.17, 15) is 14.4 Å². The summed E-state index contributed by atoms with van der Waals surface area (Å²) in [6.45, 7) is 10.00. The summed E-state index contributed by atoms with van der Waals surface area (Å²) >= 11 is 0. The topological polar surface area (TPSA) is 121 Å². The van der Waals surface area contributed by atoms with E-state index in [4.69, 9.17) is 9.47 Å². The van der Waals surface area contributed by atoms with E-state index in [2.05, 4.69) is 25.8 Å². The molecule has 0 aromatic heterocycles. The number of aliphatic imine (C=N–C) groups is 1. The number of nitrogens with zero attached hydrogens (tertiary/aromatic N) is 2. The van der Waals surface area contributed by atoms with Crippen molar-refractivity contribution in [1.29, 1.82) is 0 Å². The molecule has 35 heavy (non-hydrogen) atoms. The molecule has 0 aromatic rings. The number of hydrogen-bond acceptors (Lipinski definition) is 7. The minimum Gasteiger partial charge on any atom is -0.444 e. The second-order valence-electron chi connectivity index (χ2n) is 10.5. The molecule has 0 spiro atoms. The van der Waals surface area contributed by atoms with Gasteiger partial charge >= 0.3 is 12.1 Å². The van der Waals surface area contributed by atoms with E-state index in [1.165, 1.54) is 0 Å². The van der Waals surface area contributed by atoms with E-state index in [1.807, 2.05) is 41.8 Å². The number of alkyl carbamates (subject to hydrolysis) is 1. The summed E-state index contributed by atoms with van der Waals surface area (Å²) in [5.74, 6) is -0.577. The van der Waals surface area contributed by atoms with E-state index in [0.717, 1.165) is 45.1 Å². The zero-order chi connectivity index (χ0) is 26.3. The average molecular weight is 498 g/mol. The highest BCUT2D eigenvalue weighted by molar-refractivity contribution is 5.87. The Morgan fingerprint density at radius 1 is 1.03 bits per heavy atom. The number of ether oxygens (including phenoxy) is 2. The Morgan fingerprint density at radius 2 is 1.71 bits per heavy atom. The molecule has 0 radical (unpaired) electrons. The minimum absolute atomic E-state index is 0.0526. The molecule has 1 fully saturated rings. The molecule has 10 heteroatoms. The average Bonchev–Trinajstić information content (AvgIpc) is 2.75. The van der Waals surface area contributed by atoms with Crippen molar-refractivity contribution in [3.05, 3.63) is 0 Å². The van der Waals surface area contributed by atoms with Gasteiger partial charge in [-0.05, 0) is 73.0 Å². The van der Waals surface area contributed by atoms with Crippen molar-refractivity contribution in [3.8, 4) is 0 Å². The number of carbonyl (C=O) groups excluding carboxylic acids is 3. The SMILES string of the molecule is CCNC(=NCCCN(C)C)OC(=O)CCNC(=O)CC1(CNC(=O)OC(C)(C)C)CCCCC1. The first-order valence-corrected chi connectivity index (χ1v) is 12.8. The summed E-state index contributed by atoms with van der Waals surface area (Å²) in [7, 11) is 3.99. The molecule has 3 N–H and O–H groups in total. The Hall–Kier alpha value is -2.36. The lowest BCUT2D eigenvalue weighted by Crippen LogP contribution is -2.44. The number of amides is 2. The standard InChI is InChI=1S/C25H47N5O5/c1-7-26-22(28-15-11-17-30(5)6)34-21(32)12-16-27-20(31)18-25(13-9-8-10-14-25)19-29-23(33)35-24(2,3)4/h7-19H2,1-6H3,(H,26,28)(H,27,31)(H,29,33). The second-order valence-corrected chi connectivity index (χ2v) is 10.5. The number of nitrogens with one attached hydrogen (secondary N) is 3. The van der Waals surface area contributed by atoms with Crippen molar-refractivity contribution in [3.63, 3.8) is 0 Å². The molecule has 0 heterocycles. The number of amidine groups is 1. The van der Waals surface area contributed by atoms with Crippen LogP contribution in [0.25, 0.3) is 0 Å². The number of esters is 1. The Morgan fingerprint density at radius 3 is 2.31 bits per heavy atom. The molecule has 2 amide bonds. The Kier molecular flexibility index (Phi) is 13.7. The first kappa shape index (κ1) is 30.7. The fourth-order valence-electron chi connectivity index (χ4n) is 4.00. The summed E-state index contributed by atoms with van der Waals surface area (Å²) in [4.78, 5) is 43.4. The molecule has 10 nitrogen and oxygen atoms in total. The van der Waals surface area contributed by atoms with Crippen LogP contribution in [0.1, 0.15) is 79.1 Å². The number of carbonyl (C=O) groups is 3. The van der Waals surface area contributed by atoms with Gasteiger partial charge in [0.2, 0.25) is 5.91 Å². The maximum atomic E-state index is 12.7. The third kappa shape index (κ3) is 14.6. The van der Waals surface area contributed by atoms with Crippen molar-refractivity contribution in [1.82, 2.24) is 20.9 Å². The van der Waals surface area contributed by atoms with Crippen LogP contribution in [0.15, 0.2) is 4.99 Å². The van der Waals surface area contributed by atoms with Crippen molar-refractivity contribution in [2.75, 3.05) is 46.8 Å². The predicted molar refractivity (Wildman–Crippen MR) is 137 cm³/mol. The van der Waals surface area contributed by atoms with Crippen LogP contribution < -0.4 is 16.0 Å². The number of rotatable bonds is 12. The van der Waals surface area contributed by atoms with Gasteiger partial charge in [-0.1, -0.05) is 19.3 Å². The van der Waals surface area contributed by atoms with Gasteiger partial charge in [-0.3, -0.25) is 9.59 Å². The fourth-order valence-corrected chi connectivity index (χ4v) is 4.00. The second kappa shape index (κ2) is 15.6. The third-order valence-electron chi connectivity index (χ3n) is 5.67. The van der Waals surface area contributed by atoms with E-state index in [0.29, 0.717) is 26.1 Å². The largest absolute Gasteiger partial charge is 0.444 e. The predicted octanol–water partition coefficient (Wildman–Crippen LogP) is 2.82. The molecule has 0 unspecified atom stereocenters. The van der Waals surface area contributed by atoms with Gasteiger partial charge in [-0.15, -0.1) is 0 Å².